The van der Waals surface area contributed by atoms with Gasteiger partial charge in [0.2, 0.25) is 5.91 Å². The number of ether oxygens (including phenoxy) is 2. The van der Waals surface area contributed by atoms with Gasteiger partial charge < -0.3 is 14.4 Å². The number of amides is 1. The van der Waals surface area contributed by atoms with Crippen LogP contribution in [0.3, 0.4) is 0 Å². The van der Waals surface area contributed by atoms with E-state index in [0.717, 1.165) is 37.6 Å². The van der Waals surface area contributed by atoms with Gasteiger partial charge in [-0.05, 0) is 55.2 Å². The second-order valence-corrected chi connectivity index (χ2v) is 7.67. The minimum absolute atomic E-state index is 0.202. The van der Waals surface area contributed by atoms with Gasteiger partial charge in [0.15, 0.2) is 0 Å². The molecule has 2 bridgehead atoms. The van der Waals surface area contributed by atoms with E-state index in [9.17, 15) is 4.79 Å². The summed E-state index contributed by atoms with van der Waals surface area (Å²) < 4.78 is 10.8. The standard InChI is InChI=1S/C20H27NO3/c1-23-18-4-2-3-15(12-18)13-20(14-16-5-6-17(20)11-16)19(22)21-7-9-24-10-8-21/h2-4,12,16-17H,5-11,13-14H2,1H3. The number of hydrogen-bond acceptors (Lipinski definition) is 3. The van der Waals surface area contributed by atoms with Crippen LogP contribution in [0.4, 0.5) is 0 Å². The summed E-state index contributed by atoms with van der Waals surface area (Å²) in [7, 11) is 1.70. The van der Waals surface area contributed by atoms with Gasteiger partial charge in [-0.1, -0.05) is 18.6 Å². The molecule has 0 aromatic heterocycles. The maximum absolute atomic E-state index is 13.5. The Morgan fingerprint density at radius 2 is 2.17 bits per heavy atom. The first-order valence-corrected chi connectivity index (χ1v) is 9.21. The first-order chi connectivity index (χ1) is 11.7. The van der Waals surface area contributed by atoms with Gasteiger partial charge in [0.05, 0.1) is 25.7 Å². The molecule has 4 rings (SSSR count). The van der Waals surface area contributed by atoms with Gasteiger partial charge in [-0.3, -0.25) is 4.79 Å². The number of carbonyl (C=O) groups is 1. The maximum Gasteiger partial charge on any atom is 0.229 e. The van der Waals surface area contributed by atoms with Crippen LogP contribution in [0.15, 0.2) is 24.3 Å². The van der Waals surface area contributed by atoms with E-state index in [1.807, 2.05) is 12.1 Å². The van der Waals surface area contributed by atoms with Crippen molar-refractivity contribution in [1.29, 1.82) is 0 Å². The fourth-order valence-corrected chi connectivity index (χ4v) is 5.23. The van der Waals surface area contributed by atoms with E-state index in [1.54, 1.807) is 7.11 Å². The lowest BCUT2D eigenvalue weighted by atomic mass is 9.68. The highest BCUT2D eigenvalue weighted by Gasteiger charge is 2.56. The van der Waals surface area contributed by atoms with Crippen LogP contribution in [0.1, 0.15) is 31.2 Å². The first-order valence-electron chi connectivity index (χ1n) is 9.21. The summed E-state index contributed by atoms with van der Waals surface area (Å²) in [5.74, 6) is 2.54. The van der Waals surface area contributed by atoms with Crippen molar-refractivity contribution in [2.24, 2.45) is 17.3 Å². The number of fused-ring (bicyclic) bond motifs is 2. The molecule has 2 aliphatic carbocycles. The molecule has 1 aromatic carbocycles. The molecule has 1 saturated heterocycles. The van der Waals surface area contributed by atoms with Crippen molar-refractivity contribution in [2.75, 3.05) is 33.4 Å². The highest BCUT2D eigenvalue weighted by atomic mass is 16.5. The Kier molecular flexibility index (Phi) is 4.25. The number of methoxy groups -OCH3 is 1. The van der Waals surface area contributed by atoms with E-state index >= 15 is 0 Å². The van der Waals surface area contributed by atoms with Crippen LogP contribution in [0, 0.1) is 17.3 Å². The number of morpholine rings is 1. The van der Waals surface area contributed by atoms with Crippen LogP contribution in [0.25, 0.3) is 0 Å². The van der Waals surface area contributed by atoms with E-state index < -0.39 is 0 Å². The van der Waals surface area contributed by atoms with Crippen molar-refractivity contribution in [3.63, 3.8) is 0 Å². The first kappa shape index (κ1) is 15.9. The summed E-state index contributed by atoms with van der Waals surface area (Å²) >= 11 is 0. The van der Waals surface area contributed by atoms with E-state index in [4.69, 9.17) is 9.47 Å². The van der Waals surface area contributed by atoms with Crippen molar-refractivity contribution in [3.05, 3.63) is 29.8 Å². The monoisotopic (exact) mass is 329 g/mol. The molecule has 3 fully saturated rings. The molecule has 3 aliphatic rings. The third-order valence-electron chi connectivity index (χ3n) is 6.35. The molecule has 1 heterocycles. The molecule has 130 valence electrons. The summed E-state index contributed by atoms with van der Waals surface area (Å²) in [5, 5.41) is 0. The Hall–Kier alpha value is -1.55. The molecule has 0 N–H and O–H groups in total. The number of hydrogen-bond donors (Lipinski definition) is 0. The molecule has 1 amide bonds. The average Bonchev–Trinajstić information content (AvgIpc) is 3.23. The molecule has 4 nitrogen and oxygen atoms in total. The Morgan fingerprint density at radius 1 is 1.33 bits per heavy atom. The van der Waals surface area contributed by atoms with Gasteiger partial charge in [0.25, 0.3) is 0 Å². The van der Waals surface area contributed by atoms with Crippen molar-refractivity contribution in [1.82, 2.24) is 4.90 Å². The summed E-state index contributed by atoms with van der Waals surface area (Å²) in [6.45, 7) is 2.84. The zero-order chi connectivity index (χ0) is 16.6. The summed E-state index contributed by atoms with van der Waals surface area (Å²) in [4.78, 5) is 15.6. The van der Waals surface area contributed by atoms with Crippen molar-refractivity contribution >= 4 is 5.91 Å². The van der Waals surface area contributed by atoms with Gasteiger partial charge in [0, 0.05) is 13.1 Å². The Bertz CT molecular complexity index is 611. The summed E-state index contributed by atoms with van der Waals surface area (Å²) in [6, 6.07) is 8.25. The van der Waals surface area contributed by atoms with Crippen molar-refractivity contribution < 1.29 is 14.3 Å². The SMILES string of the molecule is COc1cccc(CC2(C(=O)N3CCOCC3)CC3CCC2C3)c1. The fraction of sp³-hybridized carbons (Fsp3) is 0.650. The van der Waals surface area contributed by atoms with Crippen LogP contribution in [0.2, 0.25) is 0 Å². The van der Waals surface area contributed by atoms with Gasteiger partial charge in [-0.2, -0.15) is 0 Å². The van der Waals surface area contributed by atoms with Crippen molar-refractivity contribution in [2.45, 2.75) is 32.1 Å². The number of nitrogens with zero attached hydrogens (tertiary/aromatic N) is 1. The molecule has 3 unspecified atom stereocenters. The molecule has 24 heavy (non-hydrogen) atoms. The molecule has 2 saturated carbocycles. The number of rotatable bonds is 4. The lowest BCUT2D eigenvalue weighted by Crippen LogP contribution is -2.51. The van der Waals surface area contributed by atoms with E-state index in [-0.39, 0.29) is 5.41 Å². The predicted octanol–water partition coefficient (Wildman–Crippen LogP) is 2.90. The average molecular weight is 329 g/mol. The topological polar surface area (TPSA) is 38.8 Å². The van der Waals surface area contributed by atoms with E-state index in [0.29, 0.717) is 25.0 Å². The molecular weight excluding hydrogens is 302 g/mol. The number of benzene rings is 1. The molecular formula is C20H27NO3. The molecule has 0 radical (unpaired) electrons. The van der Waals surface area contributed by atoms with Crippen LogP contribution < -0.4 is 4.74 Å². The summed E-state index contributed by atoms with van der Waals surface area (Å²) in [6.07, 6.45) is 5.66. The summed E-state index contributed by atoms with van der Waals surface area (Å²) in [5.41, 5.74) is 1.02. The molecule has 4 heteroatoms. The Labute approximate surface area is 144 Å². The zero-order valence-electron chi connectivity index (χ0n) is 14.5. The van der Waals surface area contributed by atoms with Crippen LogP contribution in [0.5, 0.6) is 5.75 Å². The second kappa shape index (κ2) is 6.40. The fourth-order valence-electron chi connectivity index (χ4n) is 5.23. The van der Waals surface area contributed by atoms with Gasteiger partial charge in [-0.15, -0.1) is 0 Å². The third-order valence-corrected chi connectivity index (χ3v) is 6.35. The Balaban J connectivity index is 1.62. The Morgan fingerprint density at radius 3 is 2.83 bits per heavy atom. The molecule has 1 aliphatic heterocycles. The van der Waals surface area contributed by atoms with Gasteiger partial charge >= 0.3 is 0 Å². The highest BCUT2D eigenvalue weighted by molar-refractivity contribution is 5.84. The van der Waals surface area contributed by atoms with Gasteiger partial charge in [0.1, 0.15) is 5.75 Å². The highest BCUT2D eigenvalue weighted by Crippen LogP contribution is 2.58. The smallest absolute Gasteiger partial charge is 0.229 e. The molecule has 1 aromatic rings. The van der Waals surface area contributed by atoms with Crippen LogP contribution in [-0.2, 0) is 16.0 Å². The van der Waals surface area contributed by atoms with Crippen molar-refractivity contribution in [3.8, 4) is 5.75 Å². The second-order valence-electron chi connectivity index (χ2n) is 7.67. The van der Waals surface area contributed by atoms with E-state index in [1.165, 1.54) is 24.8 Å². The third kappa shape index (κ3) is 2.71. The largest absolute Gasteiger partial charge is 0.497 e. The predicted molar refractivity (Wildman–Crippen MR) is 92.0 cm³/mol. The maximum atomic E-state index is 13.5. The molecule has 3 atom stereocenters. The lowest BCUT2D eigenvalue weighted by molar-refractivity contribution is -0.149. The van der Waals surface area contributed by atoms with Gasteiger partial charge in [-0.25, -0.2) is 0 Å². The lowest BCUT2D eigenvalue weighted by Gasteiger charge is -2.41. The molecule has 0 spiro atoms. The normalized spacial score (nSPS) is 32.1. The zero-order valence-corrected chi connectivity index (χ0v) is 14.5. The minimum Gasteiger partial charge on any atom is -0.497 e. The van der Waals surface area contributed by atoms with Crippen LogP contribution >= 0.6 is 0 Å². The van der Waals surface area contributed by atoms with E-state index in [2.05, 4.69) is 17.0 Å². The number of carbonyl (C=O) groups excluding carboxylic acids is 1. The quantitative estimate of drug-likeness (QED) is 0.852. The van der Waals surface area contributed by atoms with Crippen LogP contribution in [-0.4, -0.2) is 44.2 Å². The minimum atomic E-state index is -0.202.